The second-order valence-corrected chi connectivity index (χ2v) is 12.1. The largest absolute Gasteiger partial charge is 0.337 e. The number of hydrogen-bond donors (Lipinski definition) is 0. The summed E-state index contributed by atoms with van der Waals surface area (Å²) in [6, 6.07) is 32.0. The van der Waals surface area contributed by atoms with E-state index in [9.17, 15) is 0 Å². The molecule has 1 unspecified atom stereocenters. The molecule has 170 valence electrons. The second kappa shape index (κ2) is 10.8. The van der Waals surface area contributed by atoms with Gasteiger partial charge in [0.25, 0.3) is 0 Å². The first-order valence-corrected chi connectivity index (χ1v) is 13.1. The Labute approximate surface area is 199 Å². The highest BCUT2D eigenvalue weighted by Crippen LogP contribution is 2.56. The number of nitrogens with zero attached hydrogens (tertiary/aromatic N) is 4. The van der Waals surface area contributed by atoms with Gasteiger partial charge >= 0.3 is 0 Å². The molecule has 33 heavy (non-hydrogen) atoms. The highest BCUT2D eigenvalue weighted by atomic mass is 31.1. The summed E-state index contributed by atoms with van der Waals surface area (Å²) in [6.45, 7) is 10.1. The summed E-state index contributed by atoms with van der Waals surface area (Å²) >= 11 is 0. The van der Waals surface area contributed by atoms with Crippen LogP contribution in [0.5, 0.6) is 0 Å². The van der Waals surface area contributed by atoms with Crippen LogP contribution in [0, 0.1) is 0 Å². The van der Waals surface area contributed by atoms with Gasteiger partial charge in [-0.2, -0.15) is 0 Å². The van der Waals surface area contributed by atoms with E-state index in [1.54, 1.807) is 0 Å². The predicted octanol–water partition coefficient (Wildman–Crippen LogP) is 7.14. The fraction of sp³-hybridized carbons (Fsp3) is 0.286. The molecule has 0 aliphatic carbocycles. The van der Waals surface area contributed by atoms with E-state index in [4.69, 9.17) is 5.10 Å². The van der Waals surface area contributed by atoms with Crippen LogP contribution in [0.3, 0.4) is 0 Å². The van der Waals surface area contributed by atoms with Gasteiger partial charge in [-0.05, 0) is 42.6 Å². The van der Waals surface area contributed by atoms with Crippen LogP contribution >= 0.6 is 8.07 Å². The minimum Gasteiger partial charge on any atom is -0.337 e. The monoisotopic (exact) mass is 456 g/mol. The van der Waals surface area contributed by atoms with Crippen LogP contribution in [0.25, 0.3) is 0 Å². The maximum Gasteiger partial charge on any atom is 0.110 e. The molecular weight excluding hydrogens is 423 g/mol. The molecule has 0 aliphatic rings. The standard InChI is InChI=1S/C28H33N4P/c1-22(2)33(23(3)4)32(26-18-12-7-13-19-26)28(25-16-10-6-11-17-25)27-21-31(30-29-27)20-24-14-8-5-9-15-24/h5-19,21-23,28H,20H2,1-4H3. The molecule has 5 heteroatoms. The molecular formula is C28H33N4P. The summed E-state index contributed by atoms with van der Waals surface area (Å²) in [7, 11) is -0.488. The molecule has 0 radical (unpaired) electrons. The molecule has 1 aromatic heterocycles. The Bertz CT molecular complexity index is 1100. The molecule has 1 atom stereocenters. The van der Waals surface area contributed by atoms with Gasteiger partial charge in [-0.15, -0.1) is 5.10 Å². The van der Waals surface area contributed by atoms with Crippen molar-refractivity contribution in [2.45, 2.75) is 51.6 Å². The minimum atomic E-state index is -0.488. The summed E-state index contributed by atoms with van der Waals surface area (Å²) in [5, 5.41) is 9.25. The zero-order chi connectivity index (χ0) is 23.2. The third-order valence-corrected chi connectivity index (χ3v) is 8.79. The van der Waals surface area contributed by atoms with E-state index in [1.165, 1.54) is 16.8 Å². The number of rotatable bonds is 9. The van der Waals surface area contributed by atoms with Gasteiger partial charge in [0.15, 0.2) is 0 Å². The van der Waals surface area contributed by atoms with Crippen molar-refractivity contribution in [1.82, 2.24) is 15.0 Å². The second-order valence-electron chi connectivity index (χ2n) is 8.89. The van der Waals surface area contributed by atoms with Gasteiger partial charge in [0.2, 0.25) is 0 Å². The first-order valence-electron chi connectivity index (χ1n) is 11.7. The lowest BCUT2D eigenvalue weighted by Gasteiger charge is -2.43. The molecule has 0 bridgehead atoms. The Balaban J connectivity index is 1.82. The molecule has 0 spiro atoms. The Kier molecular flexibility index (Phi) is 7.57. The molecule has 0 fully saturated rings. The van der Waals surface area contributed by atoms with Gasteiger partial charge in [-0.1, -0.05) is 112 Å². The summed E-state index contributed by atoms with van der Waals surface area (Å²) < 4.78 is 4.58. The Morgan fingerprint density at radius 2 is 1.30 bits per heavy atom. The van der Waals surface area contributed by atoms with Crippen molar-refractivity contribution in [3.05, 3.63) is 114 Å². The van der Waals surface area contributed by atoms with Crippen LogP contribution in [0.2, 0.25) is 0 Å². The number of para-hydroxylation sites is 1. The molecule has 0 saturated heterocycles. The molecule has 0 saturated carbocycles. The number of benzene rings is 3. The molecule has 0 N–H and O–H groups in total. The first kappa shape index (κ1) is 23.2. The SMILES string of the molecule is CC(C)P(C(C)C)N(c1ccccc1)C(c1ccccc1)c1cn(Cc2ccccc2)nn1. The molecule has 4 nitrogen and oxygen atoms in total. The molecule has 0 aliphatic heterocycles. The highest BCUT2D eigenvalue weighted by Gasteiger charge is 2.34. The number of anilines is 1. The lowest BCUT2D eigenvalue weighted by molar-refractivity contribution is 0.648. The summed E-state index contributed by atoms with van der Waals surface area (Å²) in [5.41, 5.74) is 5.74. The zero-order valence-corrected chi connectivity index (χ0v) is 20.8. The Morgan fingerprint density at radius 1 is 0.758 bits per heavy atom. The van der Waals surface area contributed by atoms with Crippen LogP contribution in [0.4, 0.5) is 5.69 Å². The fourth-order valence-electron chi connectivity index (χ4n) is 4.45. The van der Waals surface area contributed by atoms with Crippen LogP contribution in [-0.4, -0.2) is 26.3 Å². The average molecular weight is 457 g/mol. The molecule has 1 heterocycles. The zero-order valence-electron chi connectivity index (χ0n) is 19.9. The third-order valence-electron chi connectivity index (χ3n) is 5.71. The van der Waals surface area contributed by atoms with E-state index in [-0.39, 0.29) is 6.04 Å². The van der Waals surface area contributed by atoms with Gasteiger partial charge < -0.3 is 4.67 Å². The molecule has 3 aromatic carbocycles. The molecule has 4 rings (SSSR count). The van der Waals surface area contributed by atoms with Crippen molar-refractivity contribution in [2.75, 3.05) is 4.67 Å². The Hall–Kier alpha value is -2.97. The van der Waals surface area contributed by atoms with Gasteiger partial charge in [-0.3, -0.25) is 0 Å². The van der Waals surface area contributed by atoms with Crippen LogP contribution in [-0.2, 0) is 6.54 Å². The molecule has 0 amide bonds. The quantitative estimate of drug-likeness (QED) is 0.251. The topological polar surface area (TPSA) is 34.0 Å². The third kappa shape index (κ3) is 5.51. The van der Waals surface area contributed by atoms with Crippen molar-refractivity contribution >= 4 is 13.8 Å². The summed E-state index contributed by atoms with van der Waals surface area (Å²) in [6.07, 6.45) is 2.12. The van der Waals surface area contributed by atoms with E-state index >= 15 is 0 Å². The number of aromatic nitrogens is 3. The minimum absolute atomic E-state index is 0.00552. The highest BCUT2D eigenvalue weighted by molar-refractivity contribution is 7.60. The molecule has 4 aromatic rings. The average Bonchev–Trinajstić information content (AvgIpc) is 3.28. The van der Waals surface area contributed by atoms with Crippen molar-refractivity contribution in [1.29, 1.82) is 0 Å². The Morgan fingerprint density at radius 3 is 1.88 bits per heavy atom. The van der Waals surface area contributed by atoms with E-state index in [1.807, 2.05) is 10.7 Å². The van der Waals surface area contributed by atoms with Crippen molar-refractivity contribution in [3.63, 3.8) is 0 Å². The van der Waals surface area contributed by atoms with Gasteiger partial charge in [0, 0.05) is 5.69 Å². The van der Waals surface area contributed by atoms with Crippen LogP contribution in [0.1, 0.15) is 50.6 Å². The normalized spacial score (nSPS) is 12.5. The van der Waals surface area contributed by atoms with E-state index < -0.39 is 8.07 Å². The van der Waals surface area contributed by atoms with E-state index in [0.29, 0.717) is 17.9 Å². The first-order chi connectivity index (χ1) is 16.0. The van der Waals surface area contributed by atoms with E-state index in [0.717, 1.165) is 5.69 Å². The van der Waals surface area contributed by atoms with Crippen LogP contribution in [0.15, 0.2) is 97.2 Å². The van der Waals surface area contributed by atoms with Crippen molar-refractivity contribution in [2.24, 2.45) is 0 Å². The maximum atomic E-state index is 4.72. The van der Waals surface area contributed by atoms with Gasteiger partial charge in [-0.25, -0.2) is 4.68 Å². The van der Waals surface area contributed by atoms with E-state index in [2.05, 4.69) is 129 Å². The lowest BCUT2D eigenvalue weighted by atomic mass is 10.0. The van der Waals surface area contributed by atoms with Gasteiger partial charge in [0.1, 0.15) is 11.7 Å². The van der Waals surface area contributed by atoms with Crippen LogP contribution < -0.4 is 4.67 Å². The van der Waals surface area contributed by atoms with Gasteiger partial charge in [0.05, 0.1) is 12.7 Å². The van der Waals surface area contributed by atoms with Crippen molar-refractivity contribution < 1.29 is 0 Å². The fourth-order valence-corrected chi connectivity index (χ4v) is 7.56. The lowest BCUT2D eigenvalue weighted by Crippen LogP contribution is -2.30. The smallest absolute Gasteiger partial charge is 0.110 e. The summed E-state index contributed by atoms with van der Waals surface area (Å²) in [5.74, 6) is 0. The maximum absolute atomic E-state index is 4.72. The van der Waals surface area contributed by atoms with Crippen molar-refractivity contribution in [3.8, 4) is 0 Å². The number of hydrogen-bond acceptors (Lipinski definition) is 3. The summed E-state index contributed by atoms with van der Waals surface area (Å²) in [4.78, 5) is 0. The predicted molar refractivity (Wildman–Crippen MR) is 140 cm³/mol.